The first kappa shape index (κ1) is 15.0. The zero-order valence-electron chi connectivity index (χ0n) is 13.0. The maximum atomic E-state index is 12.1. The number of carbonyl (C=O) groups is 1. The number of carbonyl (C=O) groups excluding carboxylic acids is 1. The predicted molar refractivity (Wildman–Crippen MR) is 79.9 cm³/mol. The van der Waals surface area contributed by atoms with E-state index in [9.17, 15) is 4.79 Å². The highest BCUT2D eigenvalue weighted by atomic mass is 16.1. The number of hydrogen-bond acceptors (Lipinski definition) is 3. The molecule has 0 saturated carbocycles. The molecule has 5 nitrogen and oxygen atoms in total. The number of hydrogen-bond donors (Lipinski definition) is 2. The van der Waals surface area contributed by atoms with Crippen molar-refractivity contribution in [3.05, 3.63) is 17.2 Å². The fourth-order valence-electron chi connectivity index (χ4n) is 2.65. The molecule has 20 heavy (non-hydrogen) atoms. The molecular formula is C15H26N4O. The van der Waals surface area contributed by atoms with Crippen LogP contribution in [-0.2, 0) is 12.8 Å². The summed E-state index contributed by atoms with van der Waals surface area (Å²) < 4.78 is 0. The fraction of sp³-hybridized carbons (Fsp3) is 0.733. The lowest BCUT2D eigenvalue weighted by molar-refractivity contribution is 0.0940. The summed E-state index contributed by atoms with van der Waals surface area (Å²) in [7, 11) is 0. The van der Waals surface area contributed by atoms with Crippen LogP contribution >= 0.6 is 0 Å². The number of H-pyrrole nitrogens is 1. The summed E-state index contributed by atoms with van der Waals surface area (Å²) in [5, 5.41) is 2.96. The van der Waals surface area contributed by atoms with E-state index in [-0.39, 0.29) is 11.3 Å². The molecule has 0 fully saturated rings. The van der Waals surface area contributed by atoms with Gasteiger partial charge in [0.05, 0.1) is 0 Å². The Morgan fingerprint density at radius 2 is 2.00 bits per heavy atom. The van der Waals surface area contributed by atoms with Crippen molar-refractivity contribution >= 4 is 5.91 Å². The second kappa shape index (κ2) is 5.95. The van der Waals surface area contributed by atoms with Gasteiger partial charge in [-0.05, 0) is 24.9 Å². The van der Waals surface area contributed by atoms with E-state index >= 15 is 0 Å². The molecular weight excluding hydrogens is 252 g/mol. The number of imidazole rings is 1. The molecule has 112 valence electrons. The van der Waals surface area contributed by atoms with Crippen LogP contribution in [0.2, 0.25) is 0 Å². The van der Waals surface area contributed by atoms with E-state index in [0.29, 0.717) is 12.2 Å². The Morgan fingerprint density at radius 3 is 2.65 bits per heavy atom. The lowest BCUT2D eigenvalue weighted by Gasteiger charge is -2.21. The molecule has 0 atom stereocenters. The number of likely N-dealkylation sites (N-methyl/N-ethyl adjacent to an activating group) is 1. The van der Waals surface area contributed by atoms with Crippen LogP contribution in [0.3, 0.4) is 0 Å². The van der Waals surface area contributed by atoms with Crippen LogP contribution in [-0.4, -0.2) is 47.0 Å². The monoisotopic (exact) mass is 278 g/mol. The van der Waals surface area contributed by atoms with Crippen LogP contribution in [0.5, 0.6) is 0 Å². The van der Waals surface area contributed by atoms with Gasteiger partial charge in [0.15, 0.2) is 0 Å². The van der Waals surface area contributed by atoms with Crippen molar-refractivity contribution in [3.63, 3.8) is 0 Å². The van der Waals surface area contributed by atoms with Crippen molar-refractivity contribution in [1.82, 2.24) is 20.2 Å². The predicted octanol–water partition coefficient (Wildman–Crippen LogP) is 1.61. The summed E-state index contributed by atoms with van der Waals surface area (Å²) in [6, 6.07) is 0. The average molecular weight is 278 g/mol. The second-order valence-electron chi connectivity index (χ2n) is 6.31. The molecule has 1 amide bonds. The zero-order chi connectivity index (χ0) is 14.8. The van der Waals surface area contributed by atoms with E-state index < -0.39 is 0 Å². The minimum absolute atomic E-state index is 0.0454. The summed E-state index contributed by atoms with van der Waals surface area (Å²) in [5.41, 5.74) is 1.65. The molecule has 0 aliphatic carbocycles. The number of fused-ring (bicyclic) bond motifs is 1. The standard InChI is InChI=1S/C15H26N4O/c1-5-19(6-2)8-7-12-17-11-9-15(3,4)10-16-14(20)13(11)18-12/h5-10H2,1-4H3,(H,16,20)(H,17,18). The van der Waals surface area contributed by atoms with E-state index in [1.807, 2.05) is 0 Å². The van der Waals surface area contributed by atoms with Crippen LogP contribution in [0.15, 0.2) is 0 Å². The lowest BCUT2D eigenvalue weighted by Crippen LogP contribution is -2.32. The van der Waals surface area contributed by atoms with E-state index in [4.69, 9.17) is 0 Å². The van der Waals surface area contributed by atoms with Gasteiger partial charge in [-0.2, -0.15) is 0 Å². The normalized spacial score (nSPS) is 17.8. The summed E-state index contributed by atoms with van der Waals surface area (Å²) in [5.74, 6) is 0.880. The maximum absolute atomic E-state index is 12.1. The van der Waals surface area contributed by atoms with Gasteiger partial charge in [0.1, 0.15) is 11.5 Å². The van der Waals surface area contributed by atoms with Gasteiger partial charge >= 0.3 is 0 Å². The molecule has 5 heteroatoms. The Morgan fingerprint density at radius 1 is 1.30 bits per heavy atom. The van der Waals surface area contributed by atoms with Gasteiger partial charge in [-0.3, -0.25) is 4.79 Å². The quantitative estimate of drug-likeness (QED) is 0.860. The van der Waals surface area contributed by atoms with Gasteiger partial charge in [-0.1, -0.05) is 27.7 Å². The Bertz CT molecular complexity index is 474. The SMILES string of the molecule is CCN(CC)CCc1nc2c([nH]1)CC(C)(C)CNC2=O. The minimum atomic E-state index is -0.0454. The van der Waals surface area contributed by atoms with Crippen molar-refractivity contribution < 1.29 is 4.79 Å². The Balaban J connectivity index is 2.12. The molecule has 2 N–H and O–H groups in total. The van der Waals surface area contributed by atoms with Crippen molar-refractivity contribution in [2.45, 2.75) is 40.5 Å². The third-order valence-corrected chi connectivity index (χ3v) is 3.98. The molecule has 0 spiro atoms. The number of nitrogens with one attached hydrogen (secondary N) is 2. The lowest BCUT2D eigenvalue weighted by atomic mass is 9.88. The van der Waals surface area contributed by atoms with Crippen LogP contribution < -0.4 is 5.32 Å². The van der Waals surface area contributed by atoms with Gasteiger partial charge in [-0.15, -0.1) is 0 Å². The smallest absolute Gasteiger partial charge is 0.271 e. The van der Waals surface area contributed by atoms with Gasteiger partial charge in [0.25, 0.3) is 5.91 Å². The fourth-order valence-corrected chi connectivity index (χ4v) is 2.65. The highest BCUT2D eigenvalue weighted by Gasteiger charge is 2.29. The van der Waals surface area contributed by atoms with Gasteiger partial charge < -0.3 is 15.2 Å². The Labute approximate surface area is 121 Å². The molecule has 0 bridgehead atoms. The summed E-state index contributed by atoms with van der Waals surface area (Å²) in [6.45, 7) is 12.4. The first-order valence-corrected chi connectivity index (χ1v) is 7.53. The summed E-state index contributed by atoms with van der Waals surface area (Å²) in [4.78, 5) is 22.3. The third kappa shape index (κ3) is 3.39. The van der Waals surface area contributed by atoms with Crippen LogP contribution in [0.1, 0.15) is 49.7 Å². The molecule has 1 aromatic rings. The number of nitrogens with zero attached hydrogens (tertiary/aromatic N) is 2. The first-order valence-electron chi connectivity index (χ1n) is 7.53. The molecule has 2 heterocycles. The first-order chi connectivity index (χ1) is 9.45. The van der Waals surface area contributed by atoms with Gasteiger partial charge in [0.2, 0.25) is 0 Å². The molecule has 0 radical (unpaired) electrons. The second-order valence-corrected chi connectivity index (χ2v) is 6.31. The Hall–Kier alpha value is -1.36. The largest absolute Gasteiger partial charge is 0.350 e. The molecule has 0 saturated heterocycles. The number of aromatic amines is 1. The zero-order valence-corrected chi connectivity index (χ0v) is 13.0. The molecule has 0 unspecified atom stereocenters. The van der Waals surface area contributed by atoms with Crippen LogP contribution in [0, 0.1) is 5.41 Å². The Kier molecular flexibility index (Phi) is 4.48. The van der Waals surface area contributed by atoms with E-state index in [1.165, 1.54) is 0 Å². The third-order valence-electron chi connectivity index (χ3n) is 3.98. The van der Waals surface area contributed by atoms with Crippen molar-refractivity contribution in [3.8, 4) is 0 Å². The highest BCUT2D eigenvalue weighted by Crippen LogP contribution is 2.25. The minimum Gasteiger partial charge on any atom is -0.350 e. The van der Waals surface area contributed by atoms with E-state index in [2.05, 4.69) is 47.9 Å². The number of rotatable bonds is 5. The van der Waals surface area contributed by atoms with Gasteiger partial charge in [0, 0.05) is 25.2 Å². The summed E-state index contributed by atoms with van der Waals surface area (Å²) in [6.07, 6.45) is 1.72. The van der Waals surface area contributed by atoms with Crippen LogP contribution in [0.4, 0.5) is 0 Å². The molecule has 2 rings (SSSR count). The van der Waals surface area contributed by atoms with Crippen molar-refractivity contribution in [2.24, 2.45) is 5.41 Å². The summed E-state index contributed by atoms with van der Waals surface area (Å²) >= 11 is 0. The van der Waals surface area contributed by atoms with Crippen molar-refractivity contribution in [1.29, 1.82) is 0 Å². The number of amides is 1. The molecule has 1 aromatic heterocycles. The highest BCUT2D eigenvalue weighted by molar-refractivity contribution is 5.93. The average Bonchev–Trinajstić information content (AvgIpc) is 2.75. The van der Waals surface area contributed by atoms with E-state index in [0.717, 1.165) is 44.0 Å². The maximum Gasteiger partial charge on any atom is 0.271 e. The van der Waals surface area contributed by atoms with Gasteiger partial charge in [-0.25, -0.2) is 4.98 Å². The van der Waals surface area contributed by atoms with E-state index in [1.54, 1.807) is 0 Å². The van der Waals surface area contributed by atoms with Crippen LogP contribution in [0.25, 0.3) is 0 Å². The topological polar surface area (TPSA) is 61.0 Å². The molecule has 1 aliphatic heterocycles. The number of aromatic nitrogens is 2. The van der Waals surface area contributed by atoms with Crippen molar-refractivity contribution in [2.75, 3.05) is 26.2 Å². The molecule has 1 aliphatic rings. The molecule has 0 aromatic carbocycles.